The van der Waals surface area contributed by atoms with E-state index in [0.717, 1.165) is 43.2 Å². The van der Waals surface area contributed by atoms with E-state index in [-0.39, 0.29) is 40.5 Å². The van der Waals surface area contributed by atoms with Gasteiger partial charge in [-0.3, -0.25) is 9.59 Å². The predicted octanol–water partition coefficient (Wildman–Crippen LogP) is 6.22. The number of hydrogen-bond acceptors (Lipinski definition) is 4. The Bertz CT molecular complexity index is 1040. The molecule has 0 bridgehead atoms. The number of amides is 2. The van der Waals surface area contributed by atoms with Gasteiger partial charge in [0, 0.05) is 0 Å². The number of fused-ring (bicyclic) bond motifs is 1. The first-order valence-corrected chi connectivity index (χ1v) is 11.7. The maximum Gasteiger partial charge on any atom is 0.339 e. The number of esters is 1. The summed E-state index contributed by atoms with van der Waals surface area (Å²) in [6.45, 7) is 8.20. The van der Waals surface area contributed by atoms with Crippen LogP contribution in [0, 0.1) is 0 Å². The third kappa shape index (κ3) is 3.85. The summed E-state index contributed by atoms with van der Waals surface area (Å²) < 4.78 is 5.73. The Hall–Kier alpha value is -2.95. The van der Waals surface area contributed by atoms with Crippen LogP contribution in [0.5, 0.6) is 0 Å². The number of hydrogen-bond donors (Lipinski definition) is 0. The monoisotopic (exact) mass is 433 g/mol. The summed E-state index contributed by atoms with van der Waals surface area (Å²) in [5, 5.41) is 0. The number of benzene rings is 2. The van der Waals surface area contributed by atoms with E-state index in [1.165, 1.54) is 4.90 Å². The first-order chi connectivity index (χ1) is 15.3. The van der Waals surface area contributed by atoms with E-state index < -0.39 is 11.9 Å². The second-order valence-electron chi connectivity index (χ2n) is 9.43. The number of imide groups is 1. The first-order valence-electron chi connectivity index (χ1n) is 11.7. The highest BCUT2D eigenvalue weighted by Gasteiger charge is 2.42. The fourth-order valence-electron chi connectivity index (χ4n) is 4.83. The van der Waals surface area contributed by atoms with E-state index in [4.69, 9.17) is 4.74 Å². The lowest BCUT2D eigenvalue weighted by Crippen LogP contribution is -2.32. The molecule has 2 aromatic rings. The highest BCUT2D eigenvalue weighted by Crippen LogP contribution is 2.40. The normalized spacial score (nSPS) is 16.8. The van der Waals surface area contributed by atoms with Crippen molar-refractivity contribution in [2.75, 3.05) is 4.90 Å². The highest BCUT2D eigenvalue weighted by atomic mass is 16.5. The number of carbonyl (C=O) groups excluding carboxylic acids is 3. The van der Waals surface area contributed by atoms with Crippen LogP contribution in [0.4, 0.5) is 5.69 Å². The molecule has 2 aliphatic rings. The van der Waals surface area contributed by atoms with Crippen LogP contribution in [-0.2, 0) is 4.74 Å². The molecule has 168 valence electrons. The minimum absolute atomic E-state index is 0.121. The number of nitrogens with zero attached hydrogens (tertiary/aromatic N) is 1. The summed E-state index contributed by atoms with van der Waals surface area (Å²) in [6, 6.07) is 10.8. The molecule has 2 aromatic carbocycles. The van der Waals surface area contributed by atoms with Gasteiger partial charge in [-0.2, -0.15) is 0 Å². The molecule has 0 atom stereocenters. The zero-order chi connectivity index (χ0) is 23.0. The zero-order valence-corrected chi connectivity index (χ0v) is 19.3. The average molecular weight is 434 g/mol. The van der Waals surface area contributed by atoms with Crippen LogP contribution in [-0.4, -0.2) is 23.9 Å². The van der Waals surface area contributed by atoms with Crippen molar-refractivity contribution in [1.29, 1.82) is 0 Å². The number of anilines is 1. The van der Waals surface area contributed by atoms with Crippen molar-refractivity contribution >= 4 is 23.5 Å². The van der Waals surface area contributed by atoms with Crippen LogP contribution in [0.15, 0.2) is 36.4 Å². The Morgan fingerprint density at radius 2 is 1.47 bits per heavy atom. The van der Waals surface area contributed by atoms with Crippen LogP contribution in [0.1, 0.15) is 114 Å². The van der Waals surface area contributed by atoms with Gasteiger partial charge in [-0.05, 0) is 60.8 Å². The van der Waals surface area contributed by atoms with Crippen LogP contribution in [0.3, 0.4) is 0 Å². The molecule has 0 saturated heterocycles. The van der Waals surface area contributed by atoms with E-state index >= 15 is 0 Å². The molecule has 2 amide bonds. The summed E-state index contributed by atoms with van der Waals surface area (Å²) in [6.07, 6.45) is 4.81. The summed E-state index contributed by atoms with van der Waals surface area (Å²) in [7, 11) is 0. The van der Waals surface area contributed by atoms with Crippen molar-refractivity contribution in [3.63, 3.8) is 0 Å². The molecule has 1 fully saturated rings. The molecule has 1 saturated carbocycles. The Morgan fingerprint density at radius 1 is 0.875 bits per heavy atom. The quantitative estimate of drug-likeness (QED) is 0.414. The van der Waals surface area contributed by atoms with E-state index in [1.54, 1.807) is 18.2 Å². The SMILES string of the molecule is CC(C)c1cccc(C(C)C)c1N1C(=O)c2cccc(C(=O)OC3CCCCC3)c2C1=O. The van der Waals surface area contributed by atoms with Crippen LogP contribution >= 0.6 is 0 Å². The van der Waals surface area contributed by atoms with Gasteiger partial charge >= 0.3 is 5.97 Å². The summed E-state index contributed by atoms with van der Waals surface area (Å²) >= 11 is 0. The smallest absolute Gasteiger partial charge is 0.339 e. The fourth-order valence-corrected chi connectivity index (χ4v) is 4.83. The standard InChI is InChI=1S/C27H31NO4/c1-16(2)19-12-8-13-20(17(3)4)24(19)28-25(29)21-14-9-15-22(23(21)26(28)30)27(31)32-18-10-6-5-7-11-18/h8-9,12-18H,5-7,10-11H2,1-4H3. The molecule has 1 aliphatic heterocycles. The topological polar surface area (TPSA) is 63.7 Å². The Kier molecular flexibility index (Phi) is 6.18. The second kappa shape index (κ2) is 8.89. The van der Waals surface area contributed by atoms with Gasteiger partial charge in [0.05, 0.1) is 22.4 Å². The van der Waals surface area contributed by atoms with E-state index in [2.05, 4.69) is 0 Å². The Labute approximate surface area is 189 Å². The van der Waals surface area contributed by atoms with Gasteiger partial charge in [0.1, 0.15) is 6.10 Å². The van der Waals surface area contributed by atoms with Gasteiger partial charge in [0.15, 0.2) is 0 Å². The third-order valence-electron chi connectivity index (χ3n) is 6.53. The molecule has 0 radical (unpaired) electrons. The van der Waals surface area contributed by atoms with E-state index in [0.29, 0.717) is 5.69 Å². The lowest BCUT2D eigenvalue weighted by Gasteiger charge is -2.25. The largest absolute Gasteiger partial charge is 0.459 e. The van der Waals surface area contributed by atoms with Crippen LogP contribution in [0.2, 0.25) is 0 Å². The average Bonchev–Trinajstić information content (AvgIpc) is 3.03. The molecule has 1 heterocycles. The fraction of sp³-hybridized carbons (Fsp3) is 0.444. The van der Waals surface area contributed by atoms with Gasteiger partial charge in [-0.1, -0.05) is 58.4 Å². The van der Waals surface area contributed by atoms with E-state index in [1.807, 2.05) is 45.9 Å². The maximum absolute atomic E-state index is 13.7. The molecule has 0 aromatic heterocycles. The lowest BCUT2D eigenvalue weighted by atomic mass is 9.92. The molecule has 0 unspecified atom stereocenters. The van der Waals surface area contributed by atoms with Crippen LogP contribution in [0.25, 0.3) is 0 Å². The Balaban J connectivity index is 1.76. The summed E-state index contributed by atoms with van der Waals surface area (Å²) in [4.78, 5) is 41.4. The molecule has 5 heteroatoms. The number of rotatable bonds is 5. The van der Waals surface area contributed by atoms with E-state index in [9.17, 15) is 14.4 Å². The molecule has 5 nitrogen and oxygen atoms in total. The van der Waals surface area contributed by atoms with Crippen molar-refractivity contribution in [3.05, 3.63) is 64.2 Å². The third-order valence-corrected chi connectivity index (χ3v) is 6.53. The summed E-state index contributed by atoms with van der Waals surface area (Å²) in [5.41, 5.74) is 3.14. The maximum atomic E-state index is 13.7. The van der Waals surface area contributed by atoms with Gasteiger partial charge in [0.2, 0.25) is 0 Å². The second-order valence-corrected chi connectivity index (χ2v) is 9.43. The molecular weight excluding hydrogens is 402 g/mol. The first kappa shape index (κ1) is 22.3. The van der Waals surface area contributed by atoms with Gasteiger partial charge in [-0.15, -0.1) is 0 Å². The minimum Gasteiger partial charge on any atom is -0.459 e. The molecule has 0 spiro atoms. The van der Waals surface area contributed by atoms with Crippen molar-refractivity contribution < 1.29 is 19.1 Å². The number of ether oxygens (including phenoxy) is 1. The van der Waals surface area contributed by atoms with Crippen LogP contribution < -0.4 is 4.90 Å². The number of para-hydroxylation sites is 1. The van der Waals surface area contributed by atoms with Crippen molar-refractivity contribution in [2.45, 2.75) is 77.7 Å². The molecule has 4 rings (SSSR count). The molecule has 0 N–H and O–H groups in total. The number of carbonyl (C=O) groups is 3. The zero-order valence-electron chi connectivity index (χ0n) is 19.3. The van der Waals surface area contributed by atoms with Crippen molar-refractivity contribution in [3.8, 4) is 0 Å². The van der Waals surface area contributed by atoms with Crippen molar-refractivity contribution in [1.82, 2.24) is 0 Å². The van der Waals surface area contributed by atoms with Gasteiger partial charge in [0.25, 0.3) is 11.8 Å². The molecule has 1 aliphatic carbocycles. The Morgan fingerprint density at radius 3 is 2.06 bits per heavy atom. The molecular formula is C27H31NO4. The van der Waals surface area contributed by atoms with Gasteiger partial charge < -0.3 is 4.74 Å². The minimum atomic E-state index is -0.516. The molecule has 32 heavy (non-hydrogen) atoms. The summed E-state index contributed by atoms with van der Waals surface area (Å²) in [5.74, 6) is -1.09. The highest BCUT2D eigenvalue weighted by molar-refractivity contribution is 6.36. The predicted molar refractivity (Wildman–Crippen MR) is 124 cm³/mol. The van der Waals surface area contributed by atoms with Gasteiger partial charge in [-0.25, -0.2) is 9.69 Å². The lowest BCUT2D eigenvalue weighted by molar-refractivity contribution is 0.0209. The van der Waals surface area contributed by atoms with Crippen molar-refractivity contribution in [2.24, 2.45) is 0 Å².